The average molecular weight is 280 g/mol. The highest BCUT2D eigenvalue weighted by Crippen LogP contribution is 2.25. The molecule has 1 amide bonds. The summed E-state index contributed by atoms with van der Waals surface area (Å²) in [5.74, 6) is 2.07. The van der Waals surface area contributed by atoms with Crippen molar-refractivity contribution in [1.82, 2.24) is 10.2 Å². The largest absolute Gasteiger partial charge is 0.497 e. The predicted octanol–water partition coefficient (Wildman–Crippen LogP) is 1.88. The van der Waals surface area contributed by atoms with Crippen LogP contribution in [0.4, 0.5) is 0 Å². The Labute approximate surface area is 118 Å². The number of hydrogen-bond donors (Lipinski definition) is 1. The highest BCUT2D eigenvalue weighted by molar-refractivity contribution is 7.98. The zero-order chi connectivity index (χ0) is 13.7. The SMILES string of the molecule is COc1cccc(C2NCC(=O)N2CCCSC)c1. The number of thioether (sulfide) groups is 1. The van der Waals surface area contributed by atoms with Crippen molar-refractivity contribution in [3.05, 3.63) is 29.8 Å². The molecule has 0 aliphatic carbocycles. The van der Waals surface area contributed by atoms with Gasteiger partial charge in [-0.25, -0.2) is 0 Å². The minimum absolute atomic E-state index is 0.0237. The Morgan fingerprint density at radius 1 is 1.53 bits per heavy atom. The molecule has 1 fully saturated rings. The topological polar surface area (TPSA) is 41.6 Å². The highest BCUT2D eigenvalue weighted by Gasteiger charge is 2.31. The van der Waals surface area contributed by atoms with Crippen LogP contribution in [-0.4, -0.2) is 43.0 Å². The summed E-state index contributed by atoms with van der Waals surface area (Å²) in [5.41, 5.74) is 1.08. The first-order valence-electron chi connectivity index (χ1n) is 6.42. The molecule has 0 spiro atoms. The summed E-state index contributed by atoms with van der Waals surface area (Å²) in [7, 11) is 1.66. The number of nitrogens with one attached hydrogen (secondary N) is 1. The number of benzene rings is 1. The van der Waals surface area contributed by atoms with Gasteiger partial charge in [0.25, 0.3) is 0 Å². The van der Waals surface area contributed by atoms with Gasteiger partial charge in [-0.3, -0.25) is 10.1 Å². The molecular weight excluding hydrogens is 260 g/mol. The Morgan fingerprint density at radius 3 is 3.11 bits per heavy atom. The van der Waals surface area contributed by atoms with Crippen LogP contribution in [0.3, 0.4) is 0 Å². The number of amides is 1. The molecule has 1 aromatic rings. The van der Waals surface area contributed by atoms with Crippen molar-refractivity contribution >= 4 is 17.7 Å². The molecule has 1 aliphatic rings. The number of rotatable bonds is 6. The fourth-order valence-electron chi connectivity index (χ4n) is 2.28. The monoisotopic (exact) mass is 280 g/mol. The summed E-state index contributed by atoms with van der Waals surface area (Å²) < 4.78 is 5.24. The molecule has 1 saturated heterocycles. The van der Waals surface area contributed by atoms with Crippen LogP contribution in [0, 0.1) is 0 Å². The van der Waals surface area contributed by atoms with Gasteiger partial charge in [-0.1, -0.05) is 12.1 Å². The van der Waals surface area contributed by atoms with Gasteiger partial charge >= 0.3 is 0 Å². The third-order valence-electron chi connectivity index (χ3n) is 3.24. The quantitative estimate of drug-likeness (QED) is 0.808. The van der Waals surface area contributed by atoms with Crippen LogP contribution >= 0.6 is 11.8 Å². The van der Waals surface area contributed by atoms with E-state index in [1.807, 2.05) is 40.9 Å². The van der Waals surface area contributed by atoms with Crippen LogP contribution < -0.4 is 10.1 Å². The van der Waals surface area contributed by atoms with E-state index in [0.717, 1.165) is 30.0 Å². The zero-order valence-electron chi connectivity index (χ0n) is 11.4. The van der Waals surface area contributed by atoms with E-state index in [-0.39, 0.29) is 12.1 Å². The highest BCUT2D eigenvalue weighted by atomic mass is 32.2. The summed E-state index contributed by atoms with van der Waals surface area (Å²) in [4.78, 5) is 13.9. The van der Waals surface area contributed by atoms with Crippen molar-refractivity contribution in [3.63, 3.8) is 0 Å². The predicted molar refractivity (Wildman–Crippen MR) is 78.4 cm³/mol. The molecule has 104 valence electrons. The van der Waals surface area contributed by atoms with Crippen molar-refractivity contribution in [1.29, 1.82) is 0 Å². The maximum Gasteiger partial charge on any atom is 0.238 e. The maximum atomic E-state index is 11.9. The first-order valence-corrected chi connectivity index (χ1v) is 7.81. The van der Waals surface area contributed by atoms with Crippen molar-refractivity contribution in [2.75, 3.05) is 32.2 Å². The van der Waals surface area contributed by atoms with E-state index in [2.05, 4.69) is 11.6 Å². The van der Waals surface area contributed by atoms with Crippen LogP contribution in [-0.2, 0) is 4.79 Å². The minimum atomic E-state index is -0.0237. The van der Waals surface area contributed by atoms with Crippen LogP contribution in [0.2, 0.25) is 0 Å². The van der Waals surface area contributed by atoms with E-state index in [1.165, 1.54) is 0 Å². The normalized spacial score (nSPS) is 18.9. The second-order valence-corrected chi connectivity index (χ2v) is 5.48. The molecule has 4 nitrogen and oxygen atoms in total. The van der Waals surface area contributed by atoms with E-state index >= 15 is 0 Å². The van der Waals surface area contributed by atoms with Gasteiger partial charge in [0.15, 0.2) is 0 Å². The lowest BCUT2D eigenvalue weighted by molar-refractivity contribution is -0.128. The number of carbonyl (C=O) groups is 1. The second kappa shape index (κ2) is 6.82. The van der Waals surface area contributed by atoms with E-state index in [4.69, 9.17) is 4.74 Å². The summed E-state index contributed by atoms with van der Waals surface area (Å²) >= 11 is 1.81. The Hall–Kier alpha value is -1.20. The number of methoxy groups -OCH3 is 1. The van der Waals surface area contributed by atoms with Crippen LogP contribution in [0.15, 0.2) is 24.3 Å². The molecule has 0 saturated carbocycles. The third kappa shape index (κ3) is 3.42. The lowest BCUT2D eigenvalue weighted by atomic mass is 10.1. The Bertz CT molecular complexity index is 439. The molecule has 0 radical (unpaired) electrons. The number of nitrogens with zero attached hydrogens (tertiary/aromatic N) is 1. The van der Waals surface area contributed by atoms with E-state index in [0.29, 0.717) is 6.54 Å². The molecule has 1 atom stereocenters. The van der Waals surface area contributed by atoms with Crippen LogP contribution in [0.25, 0.3) is 0 Å². The van der Waals surface area contributed by atoms with Gasteiger partial charge in [0.2, 0.25) is 5.91 Å². The maximum absolute atomic E-state index is 11.9. The molecule has 19 heavy (non-hydrogen) atoms. The standard InChI is InChI=1S/C14H20N2O2S/c1-18-12-6-3-5-11(9-12)14-15-10-13(17)16(14)7-4-8-19-2/h3,5-6,9,14-15H,4,7-8,10H2,1-2H3. The van der Waals surface area contributed by atoms with Gasteiger partial charge in [0.1, 0.15) is 11.9 Å². The lowest BCUT2D eigenvalue weighted by Crippen LogP contribution is -2.31. The summed E-state index contributed by atoms with van der Waals surface area (Å²) in [6.45, 7) is 1.22. The number of hydrogen-bond acceptors (Lipinski definition) is 4. The van der Waals surface area contributed by atoms with Crippen LogP contribution in [0.1, 0.15) is 18.2 Å². The molecule has 0 aromatic heterocycles. The summed E-state index contributed by atoms with van der Waals surface area (Å²) in [6.07, 6.45) is 3.09. The molecule has 1 N–H and O–H groups in total. The minimum Gasteiger partial charge on any atom is -0.497 e. The molecule has 1 aromatic carbocycles. The van der Waals surface area contributed by atoms with Gasteiger partial charge in [-0.15, -0.1) is 0 Å². The third-order valence-corrected chi connectivity index (χ3v) is 3.93. The van der Waals surface area contributed by atoms with Gasteiger partial charge in [0, 0.05) is 6.54 Å². The molecule has 2 rings (SSSR count). The molecule has 5 heteroatoms. The Morgan fingerprint density at radius 2 is 2.37 bits per heavy atom. The molecule has 1 heterocycles. The molecular formula is C14H20N2O2S. The lowest BCUT2D eigenvalue weighted by Gasteiger charge is -2.24. The van der Waals surface area contributed by atoms with Crippen LogP contribution in [0.5, 0.6) is 5.75 Å². The van der Waals surface area contributed by atoms with Crippen molar-refractivity contribution < 1.29 is 9.53 Å². The van der Waals surface area contributed by atoms with Crippen molar-refractivity contribution in [2.45, 2.75) is 12.6 Å². The fraction of sp³-hybridized carbons (Fsp3) is 0.500. The summed E-state index contributed by atoms with van der Waals surface area (Å²) in [5, 5.41) is 3.27. The molecule has 1 aliphatic heterocycles. The van der Waals surface area contributed by atoms with E-state index in [1.54, 1.807) is 7.11 Å². The number of ether oxygens (including phenoxy) is 1. The summed E-state index contributed by atoms with van der Waals surface area (Å²) in [6, 6.07) is 7.88. The second-order valence-electron chi connectivity index (χ2n) is 4.49. The van der Waals surface area contributed by atoms with E-state index in [9.17, 15) is 4.79 Å². The van der Waals surface area contributed by atoms with Crippen molar-refractivity contribution in [3.8, 4) is 5.75 Å². The van der Waals surface area contributed by atoms with Gasteiger partial charge in [-0.05, 0) is 36.1 Å². The fourth-order valence-corrected chi connectivity index (χ4v) is 2.70. The first-order chi connectivity index (χ1) is 9.26. The first kappa shape index (κ1) is 14.2. The molecule has 1 unspecified atom stereocenters. The van der Waals surface area contributed by atoms with E-state index < -0.39 is 0 Å². The van der Waals surface area contributed by atoms with Crippen molar-refractivity contribution in [2.24, 2.45) is 0 Å². The zero-order valence-corrected chi connectivity index (χ0v) is 12.2. The van der Waals surface area contributed by atoms with Gasteiger partial charge < -0.3 is 9.64 Å². The number of carbonyl (C=O) groups excluding carboxylic acids is 1. The van der Waals surface area contributed by atoms with Gasteiger partial charge in [0.05, 0.1) is 13.7 Å². The smallest absolute Gasteiger partial charge is 0.238 e. The average Bonchev–Trinajstić information content (AvgIpc) is 2.81. The Balaban J connectivity index is 2.10. The Kier molecular flexibility index (Phi) is 5.10. The van der Waals surface area contributed by atoms with Gasteiger partial charge in [-0.2, -0.15) is 11.8 Å². The molecule has 0 bridgehead atoms.